The second kappa shape index (κ2) is 16.8. The van der Waals surface area contributed by atoms with Gasteiger partial charge in [-0.05, 0) is 120 Å². The molecule has 3 aromatic heterocycles. The summed E-state index contributed by atoms with van der Waals surface area (Å²) in [6.45, 7) is 0. The van der Waals surface area contributed by atoms with E-state index in [1.54, 1.807) is 0 Å². The van der Waals surface area contributed by atoms with Gasteiger partial charge < -0.3 is 4.57 Å². The number of hydrogen-bond acceptors (Lipinski definition) is 3. The van der Waals surface area contributed by atoms with Gasteiger partial charge in [0.05, 0.1) is 22.1 Å². The Hall–Kier alpha value is -9.97. The molecule has 0 spiro atoms. The highest BCUT2D eigenvalue weighted by Gasteiger charge is 2.23. The molecule has 5 heteroatoms. The predicted octanol–water partition coefficient (Wildman–Crippen LogP) is 17.9. The van der Waals surface area contributed by atoms with Crippen molar-refractivity contribution >= 4 is 75.9 Å². The molecule has 74 heavy (non-hydrogen) atoms. The lowest BCUT2D eigenvalue weighted by Crippen LogP contribution is -2.06. The van der Waals surface area contributed by atoms with Gasteiger partial charge in [0.2, 0.25) is 5.95 Å². The molecule has 0 saturated carbocycles. The van der Waals surface area contributed by atoms with Crippen LogP contribution in [0.25, 0.3) is 144 Å². The lowest BCUT2D eigenvalue weighted by Gasteiger charge is -2.13. The van der Waals surface area contributed by atoms with Crippen LogP contribution in [-0.2, 0) is 0 Å². The smallest absolute Gasteiger partial charge is 0.238 e. The van der Waals surface area contributed by atoms with E-state index in [9.17, 15) is 0 Å². The Morgan fingerprint density at radius 3 is 1.12 bits per heavy atom. The third-order valence-electron chi connectivity index (χ3n) is 14.9. The van der Waals surface area contributed by atoms with Crippen molar-refractivity contribution in [2.24, 2.45) is 0 Å². The van der Waals surface area contributed by atoms with Gasteiger partial charge >= 0.3 is 0 Å². The number of para-hydroxylation sites is 2. The molecule has 0 unspecified atom stereocenters. The van der Waals surface area contributed by atoms with Crippen LogP contribution in [0.1, 0.15) is 0 Å². The Labute approximate surface area is 426 Å². The van der Waals surface area contributed by atoms with Crippen molar-refractivity contribution in [2.45, 2.75) is 0 Å². The van der Waals surface area contributed by atoms with E-state index in [2.05, 4.69) is 234 Å². The van der Waals surface area contributed by atoms with Crippen LogP contribution < -0.4 is 0 Å². The number of benzene rings is 12. The van der Waals surface area contributed by atoms with Gasteiger partial charge in [0.25, 0.3) is 0 Å². The zero-order valence-electron chi connectivity index (χ0n) is 40.1. The Bertz CT molecular complexity index is 4630. The summed E-state index contributed by atoms with van der Waals surface area (Å²) in [5.74, 6) is 1.83. The summed E-state index contributed by atoms with van der Waals surface area (Å²) in [5.41, 5.74) is 14.4. The lowest BCUT2D eigenvalue weighted by atomic mass is 9.91. The van der Waals surface area contributed by atoms with Crippen molar-refractivity contribution in [1.82, 2.24) is 24.1 Å². The molecule has 15 aromatic rings. The highest BCUT2D eigenvalue weighted by Crippen LogP contribution is 2.43. The third-order valence-corrected chi connectivity index (χ3v) is 14.9. The summed E-state index contributed by atoms with van der Waals surface area (Å²) in [7, 11) is 0. The molecule has 15 rings (SSSR count). The maximum absolute atomic E-state index is 5.21. The standard InChI is InChI=1S/C69H43N5/c1-3-18-44(19-4-1)67-70-68(45-20-5-2-6-21-45)72-69(71-67)74-62-35-14-12-33-59(62)66-64(74)39-38-63-65(66)58-32-11-13-34-61(58)73(63)52-27-17-26-50(42-52)48-24-15-22-46(40-48)47-23-16-25-49(41-47)51-36-37-57-55-30-8-7-28-53(55)54-29-9-10-31-56(54)60(57)43-51/h1-43H. The van der Waals surface area contributed by atoms with Gasteiger partial charge in [-0.2, -0.15) is 9.97 Å². The number of fused-ring (bicyclic) bond motifs is 13. The molecule has 0 aliphatic heterocycles. The highest BCUT2D eigenvalue weighted by atomic mass is 15.2. The van der Waals surface area contributed by atoms with Crippen LogP contribution >= 0.6 is 0 Å². The minimum absolute atomic E-state index is 0.574. The fourth-order valence-corrected chi connectivity index (χ4v) is 11.6. The quantitative estimate of drug-likeness (QED) is 0.150. The van der Waals surface area contributed by atoms with Gasteiger partial charge in [0, 0.05) is 38.4 Å². The van der Waals surface area contributed by atoms with E-state index >= 15 is 0 Å². The van der Waals surface area contributed by atoms with Crippen LogP contribution in [0.2, 0.25) is 0 Å². The zero-order chi connectivity index (χ0) is 48.7. The molecule has 0 bridgehead atoms. The average molecular weight is 942 g/mol. The van der Waals surface area contributed by atoms with Crippen molar-refractivity contribution in [3.63, 3.8) is 0 Å². The summed E-state index contributed by atoms with van der Waals surface area (Å²) in [5, 5.41) is 12.4. The molecule has 0 N–H and O–H groups in total. The van der Waals surface area contributed by atoms with Gasteiger partial charge in [0.1, 0.15) is 0 Å². The Balaban J connectivity index is 0.844. The first-order valence-electron chi connectivity index (χ1n) is 25.2. The normalized spacial score (nSPS) is 11.8. The van der Waals surface area contributed by atoms with Crippen LogP contribution in [0.4, 0.5) is 0 Å². The number of aromatic nitrogens is 5. The van der Waals surface area contributed by atoms with Crippen molar-refractivity contribution < 1.29 is 0 Å². The Morgan fingerprint density at radius 1 is 0.216 bits per heavy atom. The van der Waals surface area contributed by atoms with E-state index in [-0.39, 0.29) is 0 Å². The van der Waals surface area contributed by atoms with Gasteiger partial charge in [-0.1, -0.05) is 206 Å². The third kappa shape index (κ3) is 6.68. The minimum atomic E-state index is 0.574. The van der Waals surface area contributed by atoms with E-state index in [1.807, 2.05) is 36.4 Å². The summed E-state index contributed by atoms with van der Waals surface area (Å²) < 4.78 is 4.64. The lowest BCUT2D eigenvalue weighted by molar-refractivity contribution is 0.953. The van der Waals surface area contributed by atoms with Crippen LogP contribution in [-0.4, -0.2) is 24.1 Å². The molecule has 5 nitrogen and oxygen atoms in total. The fraction of sp³-hybridized carbons (Fsp3) is 0. The monoisotopic (exact) mass is 941 g/mol. The summed E-state index contributed by atoms with van der Waals surface area (Å²) in [4.78, 5) is 15.4. The maximum atomic E-state index is 5.21. The summed E-state index contributed by atoms with van der Waals surface area (Å²) >= 11 is 0. The molecule has 0 atom stereocenters. The van der Waals surface area contributed by atoms with Gasteiger partial charge in [0.15, 0.2) is 11.6 Å². The fourth-order valence-electron chi connectivity index (χ4n) is 11.6. The molecule has 0 fully saturated rings. The second-order valence-corrected chi connectivity index (χ2v) is 19.1. The second-order valence-electron chi connectivity index (χ2n) is 19.1. The van der Waals surface area contributed by atoms with Gasteiger partial charge in [-0.3, -0.25) is 4.57 Å². The van der Waals surface area contributed by atoms with E-state index in [0.29, 0.717) is 17.6 Å². The Kier molecular flexibility index (Phi) is 9.50. The molecule has 3 heterocycles. The van der Waals surface area contributed by atoms with E-state index in [4.69, 9.17) is 15.0 Å². The van der Waals surface area contributed by atoms with Gasteiger partial charge in [-0.15, -0.1) is 0 Å². The molecule has 344 valence electrons. The largest absolute Gasteiger partial charge is 0.309 e. The number of nitrogens with zero attached hydrogens (tertiary/aromatic N) is 5. The first-order valence-corrected chi connectivity index (χ1v) is 25.2. The average Bonchev–Trinajstić information content (AvgIpc) is 4.01. The first kappa shape index (κ1) is 41.8. The predicted molar refractivity (Wildman–Crippen MR) is 308 cm³/mol. The van der Waals surface area contributed by atoms with Crippen molar-refractivity contribution in [3.05, 3.63) is 261 Å². The van der Waals surface area contributed by atoms with Crippen molar-refractivity contribution in [3.8, 4) is 67.8 Å². The SMILES string of the molecule is c1ccc(-c2nc(-c3ccccc3)nc(-n3c4ccccc4c4c5c6ccccc6n(-c6cccc(-c7cccc(-c8cccc(-c9ccc%10c%11ccccc%11c%11ccccc%11c%10c9)c8)c7)c6)c5ccc43)n2)cc1. The molecular formula is C69H43N5. The topological polar surface area (TPSA) is 48.5 Å². The van der Waals surface area contributed by atoms with Crippen LogP contribution in [0.5, 0.6) is 0 Å². The van der Waals surface area contributed by atoms with Crippen LogP contribution in [0.15, 0.2) is 261 Å². The zero-order valence-corrected chi connectivity index (χ0v) is 40.1. The summed E-state index contributed by atoms with van der Waals surface area (Å²) in [6, 6.07) is 93.7. The number of hydrogen-bond donors (Lipinski definition) is 0. The molecular weight excluding hydrogens is 899 g/mol. The molecule has 0 aliphatic rings. The van der Waals surface area contributed by atoms with E-state index < -0.39 is 0 Å². The van der Waals surface area contributed by atoms with E-state index in [0.717, 1.165) is 60.8 Å². The molecule has 0 amide bonds. The number of rotatable bonds is 7. The maximum Gasteiger partial charge on any atom is 0.238 e. The van der Waals surface area contributed by atoms with E-state index in [1.165, 1.54) is 65.3 Å². The first-order chi connectivity index (χ1) is 36.7. The van der Waals surface area contributed by atoms with Gasteiger partial charge in [-0.25, -0.2) is 4.98 Å². The van der Waals surface area contributed by atoms with Crippen molar-refractivity contribution in [2.75, 3.05) is 0 Å². The molecule has 12 aromatic carbocycles. The van der Waals surface area contributed by atoms with Crippen molar-refractivity contribution in [1.29, 1.82) is 0 Å². The molecule has 0 saturated heterocycles. The molecule has 0 aliphatic carbocycles. The molecule has 0 radical (unpaired) electrons. The van der Waals surface area contributed by atoms with Crippen LogP contribution in [0, 0.1) is 0 Å². The summed E-state index contributed by atoms with van der Waals surface area (Å²) in [6.07, 6.45) is 0. The minimum Gasteiger partial charge on any atom is -0.309 e. The highest BCUT2D eigenvalue weighted by molar-refractivity contribution is 6.29. The Morgan fingerprint density at radius 2 is 0.595 bits per heavy atom. The van der Waals surface area contributed by atoms with Crippen LogP contribution in [0.3, 0.4) is 0 Å².